The predicted octanol–water partition coefficient (Wildman–Crippen LogP) is -0.0906. The van der Waals surface area contributed by atoms with Crippen LogP contribution >= 0.6 is 0 Å². The molecule has 1 rings (SSSR count). The molecule has 1 heterocycles. The van der Waals surface area contributed by atoms with Crippen molar-refractivity contribution in [2.24, 2.45) is 0 Å². The molecule has 0 spiro atoms. The molecule has 4 heteroatoms. The zero-order chi connectivity index (χ0) is 9.84. The Morgan fingerprint density at radius 3 is 2.85 bits per heavy atom. The Hall–Kier alpha value is -1.32. The van der Waals surface area contributed by atoms with Crippen molar-refractivity contribution in [1.82, 2.24) is 10.2 Å². The van der Waals surface area contributed by atoms with Gasteiger partial charge in [-0.15, -0.1) is 0 Å². The lowest BCUT2D eigenvalue weighted by Crippen LogP contribution is -2.36. The van der Waals surface area contributed by atoms with Gasteiger partial charge in [0.25, 0.3) is 0 Å². The summed E-state index contributed by atoms with van der Waals surface area (Å²) in [5, 5.41) is 2.78. The summed E-state index contributed by atoms with van der Waals surface area (Å²) in [5.74, 6) is -0.106. The van der Waals surface area contributed by atoms with Crippen molar-refractivity contribution in [3.05, 3.63) is 12.7 Å². The molecule has 4 nitrogen and oxygen atoms in total. The third-order valence-corrected chi connectivity index (χ3v) is 2.08. The van der Waals surface area contributed by atoms with Gasteiger partial charge in [-0.25, -0.2) is 0 Å². The summed E-state index contributed by atoms with van der Waals surface area (Å²) in [6.45, 7) is 6.20. The number of nitrogens with one attached hydrogen (secondary N) is 1. The predicted molar refractivity (Wildman–Crippen MR) is 49.0 cm³/mol. The van der Waals surface area contributed by atoms with Crippen molar-refractivity contribution < 1.29 is 9.59 Å². The van der Waals surface area contributed by atoms with E-state index >= 15 is 0 Å². The largest absolute Gasteiger partial charge is 0.352 e. The van der Waals surface area contributed by atoms with Gasteiger partial charge in [0.1, 0.15) is 0 Å². The van der Waals surface area contributed by atoms with E-state index < -0.39 is 0 Å². The molecule has 1 aliphatic rings. The molecule has 0 radical (unpaired) electrons. The van der Waals surface area contributed by atoms with Crippen LogP contribution in [0.1, 0.15) is 13.3 Å². The fourth-order valence-corrected chi connectivity index (χ4v) is 1.49. The van der Waals surface area contributed by atoms with Gasteiger partial charge in [0, 0.05) is 26.1 Å². The molecule has 1 unspecified atom stereocenters. The van der Waals surface area contributed by atoms with E-state index in [4.69, 9.17) is 0 Å². The molecule has 1 aliphatic heterocycles. The van der Waals surface area contributed by atoms with Crippen molar-refractivity contribution in [2.45, 2.75) is 19.4 Å². The van der Waals surface area contributed by atoms with Gasteiger partial charge in [-0.3, -0.25) is 9.59 Å². The first-order chi connectivity index (χ1) is 6.13. The average Bonchev–Trinajstić information content (AvgIpc) is 2.50. The summed E-state index contributed by atoms with van der Waals surface area (Å²) in [6.07, 6.45) is 2.13. The molecular weight excluding hydrogens is 168 g/mol. The third-order valence-electron chi connectivity index (χ3n) is 2.08. The number of likely N-dealkylation sites (tertiary alicyclic amines) is 1. The van der Waals surface area contributed by atoms with Crippen LogP contribution in [0, 0.1) is 0 Å². The number of rotatable bonds is 2. The number of hydrogen-bond acceptors (Lipinski definition) is 2. The van der Waals surface area contributed by atoms with Crippen molar-refractivity contribution in [3.63, 3.8) is 0 Å². The van der Waals surface area contributed by atoms with Crippen LogP contribution in [0.15, 0.2) is 12.7 Å². The van der Waals surface area contributed by atoms with Crippen molar-refractivity contribution >= 4 is 11.8 Å². The highest BCUT2D eigenvalue weighted by atomic mass is 16.2. The summed E-state index contributed by atoms with van der Waals surface area (Å²) >= 11 is 0. The number of amides is 2. The molecule has 0 aromatic heterocycles. The summed E-state index contributed by atoms with van der Waals surface area (Å²) in [6, 6.07) is 0.112. The quantitative estimate of drug-likeness (QED) is 0.607. The van der Waals surface area contributed by atoms with Gasteiger partial charge in [0.15, 0.2) is 0 Å². The maximum Gasteiger partial charge on any atom is 0.246 e. The van der Waals surface area contributed by atoms with Crippen molar-refractivity contribution in [2.75, 3.05) is 13.1 Å². The van der Waals surface area contributed by atoms with E-state index in [1.807, 2.05) is 0 Å². The summed E-state index contributed by atoms with van der Waals surface area (Å²) < 4.78 is 0. The van der Waals surface area contributed by atoms with E-state index in [0.717, 1.165) is 6.42 Å². The highest BCUT2D eigenvalue weighted by molar-refractivity contribution is 5.87. The maximum atomic E-state index is 11.1. The van der Waals surface area contributed by atoms with E-state index in [1.165, 1.54) is 13.0 Å². The molecule has 2 amide bonds. The van der Waals surface area contributed by atoms with Crippen LogP contribution in [0.2, 0.25) is 0 Å². The van der Waals surface area contributed by atoms with Crippen LogP contribution in [0.5, 0.6) is 0 Å². The molecule has 0 aliphatic carbocycles. The smallest absolute Gasteiger partial charge is 0.246 e. The molecular formula is C9H14N2O2. The zero-order valence-electron chi connectivity index (χ0n) is 7.75. The average molecular weight is 182 g/mol. The number of carbonyl (C=O) groups excluding carboxylic acids is 2. The van der Waals surface area contributed by atoms with Gasteiger partial charge in [-0.2, -0.15) is 0 Å². The van der Waals surface area contributed by atoms with E-state index in [9.17, 15) is 9.59 Å². The summed E-state index contributed by atoms with van der Waals surface area (Å²) in [7, 11) is 0. The van der Waals surface area contributed by atoms with Gasteiger partial charge in [-0.1, -0.05) is 6.58 Å². The molecule has 0 aromatic carbocycles. The molecule has 1 saturated heterocycles. The van der Waals surface area contributed by atoms with Crippen LogP contribution in [-0.2, 0) is 9.59 Å². The minimum atomic E-state index is -0.0622. The molecule has 0 saturated carbocycles. The molecule has 72 valence electrons. The first-order valence-corrected chi connectivity index (χ1v) is 4.32. The summed E-state index contributed by atoms with van der Waals surface area (Å²) in [5.41, 5.74) is 0. The first-order valence-electron chi connectivity index (χ1n) is 4.32. The monoisotopic (exact) mass is 182 g/mol. The van der Waals surface area contributed by atoms with E-state index in [2.05, 4.69) is 11.9 Å². The SMILES string of the molecule is C=CC(=O)N1CCC(NC(C)=O)C1. The van der Waals surface area contributed by atoms with Crippen molar-refractivity contribution in [1.29, 1.82) is 0 Å². The number of carbonyl (C=O) groups is 2. The fraction of sp³-hybridized carbons (Fsp3) is 0.556. The Kier molecular flexibility index (Phi) is 3.06. The van der Waals surface area contributed by atoms with Crippen LogP contribution in [0.3, 0.4) is 0 Å². The van der Waals surface area contributed by atoms with E-state index in [-0.39, 0.29) is 17.9 Å². The highest BCUT2D eigenvalue weighted by Crippen LogP contribution is 2.09. The molecule has 1 N–H and O–H groups in total. The number of hydrogen-bond donors (Lipinski definition) is 1. The Morgan fingerprint density at radius 1 is 1.62 bits per heavy atom. The van der Waals surface area contributed by atoms with Crippen LogP contribution in [0.4, 0.5) is 0 Å². The van der Waals surface area contributed by atoms with E-state index in [0.29, 0.717) is 13.1 Å². The second-order valence-electron chi connectivity index (χ2n) is 3.17. The third kappa shape index (κ3) is 2.57. The Balaban J connectivity index is 2.40. The number of nitrogens with zero attached hydrogens (tertiary/aromatic N) is 1. The highest BCUT2D eigenvalue weighted by Gasteiger charge is 2.24. The zero-order valence-corrected chi connectivity index (χ0v) is 7.75. The fourth-order valence-electron chi connectivity index (χ4n) is 1.49. The normalized spacial score (nSPS) is 21.3. The second-order valence-corrected chi connectivity index (χ2v) is 3.17. The molecule has 1 fully saturated rings. The van der Waals surface area contributed by atoms with Gasteiger partial charge in [0.2, 0.25) is 11.8 Å². The maximum absolute atomic E-state index is 11.1. The summed E-state index contributed by atoms with van der Waals surface area (Å²) in [4.78, 5) is 23.5. The molecule has 1 atom stereocenters. The molecule has 13 heavy (non-hydrogen) atoms. The minimum Gasteiger partial charge on any atom is -0.352 e. The Morgan fingerprint density at radius 2 is 2.31 bits per heavy atom. The van der Waals surface area contributed by atoms with Crippen LogP contribution in [-0.4, -0.2) is 35.8 Å². The van der Waals surface area contributed by atoms with Crippen LogP contribution in [0.25, 0.3) is 0 Å². The van der Waals surface area contributed by atoms with Crippen molar-refractivity contribution in [3.8, 4) is 0 Å². The van der Waals surface area contributed by atoms with Gasteiger partial charge in [-0.05, 0) is 12.5 Å². The Labute approximate surface area is 77.6 Å². The van der Waals surface area contributed by atoms with Gasteiger partial charge < -0.3 is 10.2 Å². The Bertz CT molecular complexity index is 238. The van der Waals surface area contributed by atoms with Gasteiger partial charge in [0.05, 0.1) is 0 Å². The lowest BCUT2D eigenvalue weighted by Gasteiger charge is -2.14. The minimum absolute atomic E-state index is 0.0436. The lowest BCUT2D eigenvalue weighted by atomic mass is 10.3. The molecule has 0 bridgehead atoms. The lowest BCUT2D eigenvalue weighted by molar-refractivity contribution is -0.125. The molecule has 0 aromatic rings. The topological polar surface area (TPSA) is 49.4 Å². The first kappa shape index (κ1) is 9.77. The van der Waals surface area contributed by atoms with Crippen LogP contribution < -0.4 is 5.32 Å². The second kappa shape index (κ2) is 4.07. The van der Waals surface area contributed by atoms with Gasteiger partial charge >= 0.3 is 0 Å². The van der Waals surface area contributed by atoms with E-state index in [1.54, 1.807) is 4.90 Å². The standard InChI is InChI=1S/C9H14N2O2/c1-3-9(13)11-5-4-8(6-11)10-7(2)12/h3,8H,1,4-6H2,2H3,(H,10,12).